The molecule has 0 spiro atoms. The van der Waals surface area contributed by atoms with Crippen molar-refractivity contribution in [3.63, 3.8) is 0 Å². The van der Waals surface area contributed by atoms with Crippen LogP contribution < -0.4 is 4.90 Å². The topological polar surface area (TPSA) is 62.4 Å². The Morgan fingerprint density at radius 3 is 2.50 bits per heavy atom. The largest absolute Gasteiger partial charge is 0.411 e. The Morgan fingerprint density at radius 2 is 1.83 bits per heavy atom. The van der Waals surface area contributed by atoms with Crippen LogP contribution in [0.15, 0.2) is 33.9 Å². The SMILES string of the molecule is CCN(CC)c1ccc(-c2nnc(SC3CCCCC3O)o2)cc1. The summed E-state index contributed by atoms with van der Waals surface area (Å²) in [6.07, 6.45) is 3.86. The number of hydrogen-bond donors (Lipinski definition) is 1. The molecule has 0 radical (unpaired) electrons. The number of nitrogens with zero attached hydrogens (tertiary/aromatic N) is 3. The van der Waals surface area contributed by atoms with E-state index in [4.69, 9.17) is 4.42 Å². The number of thioether (sulfide) groups is 1. The van der Waals surface area contributed by atoms with E-state index in [1.807, 2.05) is 12.1 Å². The van der Waals surface area contributed by atoms with Gasteiger partial charge in [-0.2, -0.15) is 0 Å². The van der Waals surface area contributed by atoms with Gasteiger partial charge in [-0.05, 0) is 51.0 Å². The maximum atomic E-state index is 10.1. The van der Waals surface area contributed by atoms with Crippen molar-refractivity contribution in [3.8, 4) is 11.5 Å². The highest BCUT2D eigenvalue weighted by Crippen LogP contribution is 2.34. The highest BCUT2D eigenvalue weighted by atomic mass is 32.2. The van der Waals surface area contributed by atoms with E-state index < -0.39 is 0 Å². The van der Waals surface area contributed by atoms with Crippen molar-refractivity contribution in [2.75, 3.05) is 18.0 Å². The first-order valence-electron chi connectivity index (χ1n) is 8.74. The first-order valence-corrected chi connectivity index (χ1v) is 9.62. The minimum Gasteiger partial charge on any atom is -0.411 e. The standard InChI is InChI=1S/C18H25N3O2S/c1-3-21(4-2)14-11-9-13(10-12-14)17-19-20-18(23-17)24-16-8-6-5-7-15(16)22/h9-12,15-16,22H,3-8H2,1-2H3. The van der Waals surface area contributed by atoms with Crippen molar-refractivity contribution in [1.82, 2.24) is 10.2 Å². The predicted molar refractivity (Wildman–Crippen MR) is 97.4 cm³/mol. The second-order valence-corrected chi connectivity index (χ2v) is 7.29. The lowest BCUT2D eigenvalue weighted by molar-refractivity contribution is 0.136. The van der Waals surface area contributed by atoms with Gasteiger partial charge in [0.25, 0.3) is 5.22 Å². The van der Waals surface area contributed by atoms with Gasteiger partial charge in [-0.15, -0.1) is 10.2 Å². The molecule has 1 fully saturated rings. The van der Waals surface area contributed by atoms with E-state index in [0.717, 1.165) is 44.3 Å². The normalized spacial score (nSPS) is 21.0. The lowest BCUT2D eigenvalue weighted by atomic mass is 9.97. The third-order valence-corrected chi connectivity index (χ3v) is 5.79. The van der Waals surface area contributed by atoms with Crippen LogP contribution in [-0.2, 0) is 0 Å². The van der Waals surface area contributed by atoms with Gasteiger partial charge in [0.1, 0.15) is 0 Å². The second-order valence-electron chi connectivity index (χ2n) is 6.10. The molecule has 1 N–H and O–H groups in total. The first-order chi connectivity index (χ1) is 11.7. The number of anilines is 1. The van der Waals surface area contributed by atoms with E-state index >= 15 is 0 Å². The fraction of sp³-hybridized carbons (Fsp3) is 0.556. The van der Waals surface area contributed by atoms with Crippen molar-refractivity contribution in [3.05, 3.63) is 24.3 Å². The molecule has 1 aliphatic rings. The molecule has 24 heavy (non-hydrogen) atoms. The Kier molecular flexibility index (Phi) is 5.79. The number of aliphatic hydroxyl groups is 1. The summed E-state index contributed by atoms with van der Waals surface area (Å²) in [6.45, 7) is 6.28. The lowest BCUT2D eigenvalue weighted by Crippen LogP contribution is -2.26. The molecule has 1 saturated carbocycles. The molecule has 0 amide bonds. The van der Waals surface area contributed by atoms with Gasteiger partial charge in [0.15, 0.2) is 0 Å². The van der Waals surface area contributed by atoms with Crippen LogP contribution in [0.3, 0.4) is 0 Å². The second kappa shape index (κ2) is 8.03. The molecular formula is C18H25N3O2S. The smallest absolute Gasteiger partial charge is 0.277 e. The van der Waals surface area contributed by atoms with Crippen molar-refractivity contribution in [2.24, 2.45) is 0 Å². The predicted octanol–water partition coefficient (Wildman–Crippen LogP) is 3.98. The van der Waals surface area contributed by atoms with Crippen LogP contribution in [0.25, 0.3) is 11.5 Å². The third-order valence-electron chi connectivity index (χ3n) is 4.57. The zero-order valence-corrected chi connectivity index (χ0v) is 15.1. The van der Waals surface area contributed by atoms with E-state index in [2.05, 4.69) is 41.1 Å². The van der Waals surface area contributed by atoms with Crippen LogP contribution in [-0.4, -0.2) is 39.7 Å². The van der Waals surface area contributed by atoms with Gasteiger partial charge in [0.2, 0.25) is 5.89 Å². The number of hydrogen-bond acceptors (Lipinski definition) is 6. The summed E-state index contributed by atoms with van der Waals surface area (Å²) in [5.74, 6) is 0.536. The average Bonchev–Trinajstić information content (AvgIpc) is 3.07. The van der Waals surface area contributed by atoms with Crippen molar-refractivity contribution >= 4 is 17.4 Å². The number of benzene rings is 1. The molecule has 1 heterocycles. The van der Waals surface area contributed by atoms with Crippen LogP contribution >= 0.6 is 11.8 Å². The van der Waals surface area contributed by atoms with Crippen LogP contribution in [0.5, 0.6) is 0 Å². The Morgan fingerprint density at radius 1 is 1.12 bits per heavy atom. The summed E-state index contributed by atoms with van der Waals surface area (Å²) < 4.78 is 5.79. The van der Waals surface area contributed by atoms with Crippen LogP contribution in [0, 0.1) is 0 Å². The molecule has 0 saturated heterocycles. The van der Waals surface area contributed by atoms with E-state index in [0.29, 0.717) is 11.1 Å². The molecule has 5 nitrogen and oxygen atoms in total. The van der Waals surface area contributed by atoms with Crippen molar-refractivity contribution in [1.29, 1.82) is 0 Å². The zero-order chi connectivity index (χ0) is 16.9. The quantitative estimate of drug-likeness (QED) is 0.853. The van der Waals surface area contributed by atoms with Gasteiger partial charge in [-0.1, -0.05) is 24.6 Å². The molecule has 6 heteroatoms. The number of rotatable bonds is 6. The van der Waals surface area contributed by atoms with E-state index in [1.54, 1.807) is 0 Å². The Bertz CT molecular complexity index is 640. The Balaban J connectivity index is 1.68. The summed E-state index contributed by atoms with van der Waals surface area (Å²) in [6, 6.07) is 8.21. The van der Waals surface area contributed by atoms with E-state index in [1.165, 1.54) is 17.4 Å². The first kappa shape index (κ1) is 17.3. The maximum Gasteiger partial charge on any atom is 0.277 e. The van der Waals surface area contributed by atoms with E-state index in [-0.39, 0.29) is 11.4 Å². The van der Waals surface area contributed by atoms with Crippen molar-refractivity contribution < 1.29 is 9.52 Å². The molecule has 130 valence electrons. The monoisotopic (exact) mass is 347 g/mol. The molecule has 2 aromatic rings. The molecule has 1 aromatic heterocycles. The molecule has 0 aliphatic heterocycles. The molecule has 1 aromatic carbocycles. The molecule has 0 bridgehead atoms. The molecule has 3 rings (SSSR count). The van der Waals surface area contributed by atoms with Gasteiger partial charge in [-0.25, -0.2) is 0 Å². The third kappa shape index (κ3) is 3.92. The zero-order valence-electron chi connectivity index (χ0n) is 14.3. The summed E-state index contributed by atoms with van der Waals surface area (Å²) in [5, 5.41) is 19.1. The maximum absolute atomic E-state index is 10.1. The van der Waals surface area contributed by atoms with Crippen LogP contribution in [0.2, 0.25) is 0 Å². The van der Waals surface area contributed by atoms with E-state index in [9.17, 15) is 5.11 Å². The highest BCUT2D eigenvalue weighted by molar-refractivity contribution is 7.99. The Labute approximate surface area is 147 Å². The molecular weight excluding hydrogens is 322 g/mol. The molecule has 2 unspecified atom stereocenters. The van der Waals surface area contributed by atoms with Crippen LogP contribution in [0.4, 0.5) is 5.69 Å². The lowest BCUT2D eigenvalue weighted by Gasteiger charge is -2.25. The van der Waals surface area contributed by atoms with Gasteiger partial charge in [-0.3, -0.25) is 0 Å². The number of aliphatic hydroxyl groups excluding tert-OH is 1. The summed E-state index contributed by atoms with van der Waals surface area (Å²) in [7, 11) is 0. The number of aromatic nitrogens is 2. The Hall–Kier alpha value is -1.53. The van der Waals surface area contributed by atoms with Crippen LogP contribution in [0.1, 0.15) is 39.5 Å². The fourth-order valence-electron chi connectivity index (χ4n) is 3.12. The molecule has 2 atom stereocenters. The average molecular weight is 347 g/mol. The fourth-order valence-corrected chi connectivity index (χ4v) is 4.17. The summed E-state index contributed by atoms with van der Waals surface area (Å²) in [4.78, 5) is 2.29. The minimum atomic E-state index is -0.271. The summed E-state index contributed by atoms with van der Waals surface area (Å²) >= 11 is 1.50. The molecule has 1 aliphatic carbocycles. The highest BCUT2D eigenvalue weighted by Gasteiger charge is 2.26. The van der Waals surface area contributed by atoms with Gasteiger partial charge in [0, 0.05) is 29.6 Å². The van der Waals surface area contributed by atoms with Gasteiger partial charge >= 0.3 is 0 Å². The van der Waals surface area contributed by atoms with Gasteiger partial charge < -0.3 is 14.4 Å². The van der Waals surface area contributed by atoms with Crippen molar-refractivity contribution in [2.45, 2.75) is 56.1 Å². The van der Waals surface area contributed by atoms with Gasteiger partial charge in [0.05, 0.1) is 6.10 Å². The summed E-state index contributed by atoms with van der Waals surface area (Å²) in [5.41, 5.74) is 2.12. The minimum absolute atomic E-state index is 0.164.